The van der Waals surface area contributed by atoms with Crippen LogP contribution in [-0.4, -0.2) is 14.9 Å². The molecular formula is C14H17BrN2O. The first-order chi connectivity index (χ1) is 8.54. The SMILES string of the molecule is CC[C@@H](O)c1ccc(-n2nc(C)c(Br)c2C)cc1. The summed E-state index contributed by atoms with van der Waals surface area (Å²) in [5.74, 6) is 0. The second kappa shape index (κ2) is 5.24. The molecule has 0 fully saturated rings. The van der Waals surface area contributed by atoms with Gasteiger partial charge in [-0.05, 0) is 53.9 Å². The lowest BCUT2D eigenvalue weighted by Crippen LogP contribution is -2.00. The van der Waals surface area contributed by atoms with Crippen molar-refractivity contribution in [2.24, 2.45) is 0 Å². The molecule has 2 rings (SSSR count). The summed E-state index contributed by atoms with van der Waals surface area (Å²) in [4.78, 5) is 0. The molecule has 0 saturated heterocycles. The highest BCUT2D eigenvalue weighted by Crippen LogP contribution is 2.24. The Morgan fingerprint density at radius 2 is 1.89 bits per heavy atom. The van der Waals surface area contributed by atoms with E-state index in [1.807, 2.05) is 49.7 Å². The third-order valence-corrected chi connectivity index (χ3v) is 4.26. The standard InChI is InChI=1S/C14H17BrN2O/c1-4-13(18)11-5-7-12(8-6-11)17-10(3)14(15)9(2)16-17/h5-8,13,18H,4H2,1-3H3/t13-/m1/s1. The number of benzene rings is 1. The fraction of sp³-hybridized carbons (Fsp3) is 0.357. The molecule has 0 aliphatic rings. The third-order valence-electron chi connectivity index (χ3n) is 3.11. The van der Waals surface area contributed by atoms with Crippen LogP contribution in [-0.2, 0) is 0 Å². The van der Waals surface area contributed by atoms with Gasteiger partial charge in [-0.25, -0.2) is 4.68 Å². The highest BCUT2D eigenvalue weighted by atomic mass is 79.9. The highest BCUT2D eigenvalue weighted by molar-refractivity contribution is 9.10. The molecule has 0 radical (unpaired) electrons. The molecule has 1 aromatic heterocycles. The van der Waals surface area contributed by atoms with Crippen LogP contribution in [0.25, 0.3) is 5.69 Å². The predicted octanol–water partition coefficient (Wildman–Crippen LogP) is 3.70. The fourth-order valence-corrected chi connectivity index (χ4v) is 2.20. The third kappa shape index (κ3) is 2.35. The van der Waals surface area contributed by atoms with Crippen molar-refractivity contribution in [1.29, 1.82) is 0 Å². The predicted molar refractivity (Wildman–Crippen MR) is 76.0 cm³/mol. The van der Waals surface area contributed by atoms with Gasteiger partial charge in [-0.2, -0.15) is 5.10 Å². The summed E-state index contributed by atoms with van der Waals surface area (Å²) in [6.07, 6.45) is 0.344. The molecule has 0 amide bonds. The van der Waals surface area contributed by atoms with Crippen LogP contribution >= 0.6 is 15.9 Å². The Morgan fingerprint density at radius 1 is 1.28 bits per heavy atom. The average Bonchev–Trinajstić information content (AvgIpc) is 2.66. The molecule has 96 valence electrons. The highest BCUT2D eigenvalue weighted by Gasteiger charge is 2.11. The molecule has 18 heavy (non-hydrogen) atoms. The molecule has 4 heteroatoms. The molecule has 3 nitrogen and oxygen atoms in total. The van der Waals surface area contributed by atoms with Gasteiger partial charge in [0.1, 0.15) is 0 Å². The van der Waals surface area contributed by atoms with Crippen LogP contribution in [0.2, 0.25) is 0 Å². The molecule has 2 aromatic rings. The first-order valence-electron chi connectivity index (χ1n) is 6.04. The van der Waals surface area contributed by atoms with E-state index in [1.54, 1.807) is 0 Å². The van der Waals surface area contributed by atoms with Gasteiger partial charge in [0.15, 0.2) is 0 Å². The van der Waals surface area contributed by atoms with E-state index in [-0.39, 0.29) is 6.10 Å². The van der Waals surface area contributed by atoms with Crippen molar-refractivity contribution >= 4 is 15.9 Å². The Balaban J connectivity index is 2.37. The monoisotopic (exact) mass is 308 g/mol. The summed E-state index contributed by atoms with van der Waals surface area (Å²) < 4.78 is 2.95. The zero-order valence-electron chi connectivity index (χ0n) is 10.8. The molecule has 0 bridgehead atoms. The minimum absolute atomic E-state index is 0.383. The van der Waals surface area contributed by atoms with Crippen LogP contribution in [0.15, 0.2) is 28.7 Å². The molecule has 0 unspecified atom stereocenters. The Labute approximate surface area is 116 Å². The van der Waals surface area contributed by atoms with Crippen LogP contribution in [0.5, 0.6) is 0 Å². The first-order valence-corrected chi connectivity index (χ1v) is 6.84. The topological polar surface area (TPSA) is 38.0 Å². The Hall–Kier alpha value is -1.13. The van der Waals surface area contributed by atoms with Gasteiger partial charge in [0.2, 0.25) is 0 Å². The minimum atomic E-state index is -0.383. The van der Waals surface area contributed by atoms with Crippen LogP contribution in [0.3, 0.4) is 0 Å². The maximum absolute atomic E-state index is 9.76. The van der Waals surface area contributed by atoms with Gasteiger partial charge in [-0.3, -0.25) is 0 Å². The molecule has 0 aliphatic carbocycles. The number of nitrogens with zero attached hydrogens (tertiary/aromatic N) is 2. The van der Waals surface area contributed by atoms with Crippen molar-refractivity contribution < 1.29 is 5.11 Å². The summed E-state index contributed by atoms with van der Waals surface area (Å²) in [5, 5.41) is 14.2. The molecule has 1 heterocycles. The van der Waals surface area contributed by atoms with E-state index in [0.29, 0.717) is 0 Å². The molecule has 1 N–H and O–H groups in total. The van der Waals surface area contributed by atoms with Crippen molar-refractivity contribution in [3.8, 4) is 5.69 Å². The van der Waals surface area contributed by atoms with Crippen molar-refractivity contribution in [1.82, 2.24) is 9.78 Å². The zero-order chi connectivity index (χ0) is 13.3. The van der Waals surface area contributed by atoms with Crippen LogP contribution < -0.4 is 0 Å². The first kappa shape index (κ1) is 13.3. The van der Waals surface area contributed by atoms with Crippen molar-refractivity contribution in [2.75, 3.05) is 0 Å². The second-order valence-electron chi connectivity index (χ2n) is 4.41. The van der Waals surface area contributed by atoms with Crippen molar-refractivity contribution in [3.05, 3.63) is 45.7 Å². The lowest BCUT2D eigenvalue weighted by Gasteiger charge is -2.10. The van der Waals surface area contributed by atoms with E-state index >= 15 is 0 Å². The summed E-state index contributed by atoms with van der Waals surface area (Å²) in [6, 6.07) is 7.88. The number of halogens is 1. The molecule has 0 aliphatic heterocycles. The second-order valence-corrected chi connectivity index (χ2v) is 5.21. The fourth-order valence-electron chi connectivity index (χ4n) is 1.95. The van der Waals surface area contributed by atoms with Crippen molar-refractivity contribution in [2.45, 2.75) is 33.3 Å². The lowest BCUT2D eigenvalue weighted by atomic mass is 10.1. The van der Waals surface area contributed by atoms with Crippen LogP contribution in [0.4, 0.5) is 0 Å². The van der Waals surface area contributed by atoms with E-state index in [9.17, 15) is 5.11 Å². The molecule has 0 spiro atoms. The number of aryl methyl sites for hydroxylation is 1. The van der Waals surface area contributed by atoms with E-state index < -0.39 is 0 Å². The summed E-state index contributed by atoms with van der Waals surface area (Å²) in [5.41, 5.74) is 4.01. The van der Waals surface area contributed by atoms with Crippen LogP contribution in [0, 0.1) is 13.8 Å². The van der Waals surface area contributed by atoms with Gasteiger partial charge in [-0.15, -0.1) is 0 Å². The quantitative estimate of drug-likeness (QED) is 0.939. The van der Waals surface area contributed by atoms with Gasteiger partial charge >= 0.3 is 0 Å². The maximum atomic E-state index is 9.76. The molecular weight excluding hydrogens is 292 g/mol. The normalized spacial score (nSPS) is 12.7. The van der Waals surface area contributed by atoms with E-state index in [1.165, 1.54) is 0 Å². The molecule has 0 saturated carbocycles. The molecule has 1 aromatic carbocycles. The van der Waals surface area contributed by atoms with Gasteiger partial charge in [0.25, 0.3) is 0 Å². The number of rotatable bonds is 3. The number of aliphatic hydroxyl groups excluding tert-OH is 1. The van der Waals surface area contributed by atoms with Crippen LogP contribution in [0.1, 0.15) is 36.4 Å². The van der Waals surface area contributed by atoms with Crippen molar-refractivity contribution in [3.63, 3.8) is 0 Å². The van der Waals surface area contributed by atoms with Gasteiger partial charge < -0.3 is 5.11 Å². The van der Waals surface area contributed by atoms with E-state index in [4.69, 9.17) is 0 Å². The van der Waals surface area contributed by atoms with Gasteiger partial charge in [-0.1, -0.05) is 19.1 Å². The summed E-state index contributed by atoms with van der Waals surface area (Å²) in [6.45, 7) is 5.97. The lowest BCUT2D eigenvalue weighted by molar-refractivity contribution is 0.173. The largest absolute Gasteiger partial charge is 0.388 e. The number of hydrogen-bond acceptors (Lipinski definition) is 2. The smallest absolute Gasteiger partial charge is 0.0787 e. The van der Waals surface area contributed by atoms with E-state index in [2.05, 4.69) is 21.0 Å². The van der Waals surface area contributed by atoms with E-state index in [0.717, 1.165) is 33.5 Å². The zero-order valence-corrected chi connectivity index (χ0v) is 12.4. The minimum Gasteiger partial charge on any atom is -0.388 e. The average molecular weight is 309 g/mol. The number of aliphatic hydroxyl groups is 1. The number of aromatic nitrogens is 2. The maximum Gasteiger partial charge on any atom is 0.0787 e. The summed E-state index contributed by atoms with van der Waals surface area (Å²) in [7, 11) is 0. The van der Waals surface area contributed by atoms with Gasteiger partial charge in [0, 0.05) is 0 Å². The Bertz CT molecular complexity index is 546. The Kier molecular flexibility index (Phi) is 3.88. The number of hydrogen-bond donors (Lipinski definition) is 1. The Morgan fingerprint density at radius 3 is 2.33 bits per heavy atom. The van der Waals surface area contributed by atoms with Gasteiger partial charge in [0.05, 0.1) is 27.7 Å². The summed E-state index contributed by atoms with van der Waals surface area (Å²) >= 11 is 3.52. The molecule has 1 atom stereocenters.